The Kier molecular flexibility index (Phi) is 10.5. The van der Waals surface area contributed by atoms with Gasteiger partial charge >= 0.3 is 0 Å². The average Bonchev–Trinajstić information content (AvgIpc) is 3.08. The van der Waals surface area contributed by atoms with Gasteiger partial charge in [0.05, 0.1) is 10.6 Å². The number of para-hydroxylation sites is 1. The van der Waals surface area contributed by atoms with E-state index in [0.29, 0.717) is 17.2 Å². The fourth-order valence-electron chi connectivity index (χ4n) is 5.48. The molecule has 2 amide bonds. The molecule has 0 heterocycles. The molecule has 1 N–H and O–H groups in total. The zero-order valence-corrected chi connectivity index (χ0v) is 26.2. The van der Waals surface area contributed by atoms with Crippen molar-refractivity contribution < 1.29 is 22.7 Å². The second kappa shape index (κ2) is 14.9. The van der Waals surface area contributed by atoms with Gasteiger partial charge in [-0.2, -0.15) is 0 Å². The number of rotatable bonds is 12. The Bertz CT molecular complexity index is 1640. The number of ether oxygens (including phenoxy) is 1. The minimum absolute atomic E-state index is 0.0557. The van der Waals surface area contributed by atoms with E-state index < -0.39 is 28.5 Å². The Hall–Kier alpha value is -4.63. The second-order valence-corrected chi connectivity index (χ2v) is 13.1. The molecule has 45 heavy (non-hydrogen) atoms. The van der Waals surface area contributed by atoms with Gasteiger partial charge in [-0.3, -0.25) is 13.9 Å². The third-order valence-electron chi connectivity index (χ3n) is 8.03. The number of benzene rings is 4. The quantitative estimate of drug-likeness (QED) is 0.193. The predicted octanol–water partition coefficient (Wildman–Crippen LogP) is 6.54. The van der Waals surface area contributed by atoms with Crippen LogP contribution in [0.1, 0.15) is 44.6 Å². The lowest BCUT2D eigenvalue weighted by Crippen LogP contribution is -2.53. The maximum absolute atomic E-state index is 14.2. The topological polar surface area (TPSA) is 96.0 Å². The normalized spacial score (nSPS) is 14.2. The Balaban J connectivity index is 1.44. The van der Waals surface area contributed by atoms with E-state index in [-0.39, 0.29) is 23.4 Å². The number of hydrogen-bond donors (Lipinski definition) is 1. The van der Waals surface area contributed by atoms with Crippen molar-refractivity contribution >= 4 is 27.5 Å². The van der Waals surface area contributed by atoms with Crippen LogP contribution in [-0.2, 0) is 26.2 Å². The first-order chi connectivity index (χ1) is 21.8. The predicted molar refractivity (Wildman–Crippen MR) is 175 cm³/mol. The van der Waals surface area contributed by atoms with E-state index >= 15 is 0 Å². The molecule has 1 aliphatic rings. The molecule has 0 spiro atoms. The summed E-state index contributed by atoms with van der Waals surface area (Å²) >= 11 is 0. The largest absolute Gasteiger partial charge is 0.457 e. The number of amides is 2. The summed E-state index contributed by atoms with van der Waals surface area (Å²) in [5.74, 6) is 0.429. The summed E-state index contributed by atoms with van der Waals surface area (Å²) in [4.78, 5) is 29.2. The molecule has 1 aliphatic carbocycles. The number of carbonyl (C=O) groups excluding carboxylic acids is 2. The molecular weight excluding hydrogens is 586 g/mol. The molecule has 0 unspecified atom stereocenters. The maximum Gasteiger partial charge on any atom is 0.264 e. The minimum atomic E-state index is -4.15. The summed E-state index contributed by atoms with van der Waals surface area (Å²) in [5.41, 5.74) is 1.13. The summed E-state index contributed by atoms with van der Waals surface area (Å²) in [5, 5.41) is 3.13. The number of hydrogen-bond acceptors (Lipinski definition) is 5. The van der Waals surface area contributed by atoms with Crippen molar-refractivity contribution in [3.05, 3.63) is 121 Å². The fourth-order valence-corrected chi connectivity index (χ4v) is 6.92. The molecule has 4 aromatic carbocycles. The molecule has 1 atom stereocenters. The Morgan fingerprint density at radius 1 is 0.778 bits per heavy atom. The standard InChI is InChI=1S/C36H39N3O5S/c1-28(36(41)37-30-16-8-3-9-17-30)38(26-29-14-6-2-7-15-29)35(40)27-39(45(42,43)34-20-12-5-13-21-34)31-22-24-33(25-23-31)44-32-18-10-4-11-19-32/h2,4-7,10-15,18-25,28,30H,3,8-9,16-17,26-27H2,1H3,(H,37,41)/t28-/m0/s1. The van der Waals surface area contributed by atoms with E-state index in [1.807, 2.05) is 60.7 Å². The Labute approximate surface area is 265 Å². The molecule has 0 aliphatic heterocycles. The van der Waals surface area contributed by atoms with Crippen molar-refractivity contribution in [2.75, 3.05) is 10.8 Å². The lowest BCUT2D eigenvalue weighted by atomic mass is 9.95. The van der Waals surface area contributed by atoms with E-state index in [9.17, 15) is 18.0 Å². The monoisotopic (exact) mass is 625 g/mol. The van der Waals surface area contributed by atoms with Gasteiger partial charge in [-0.05, 0) is 73.9 Å². The van der Waals surface area contributed by atoms with Crippen molar-refractivity contribution in [2.45, 2.75) is 62.6 Å². The maximum atomic E-state index is 14.2. The van der Waals surface area contributed by atoms with Gasteiger partial charge in [0.1, 0.15) is 24.1 Å². The van der Waals surface area contributed by atoms with E-state index in [1.54, 1.807) is 49.4 Å². The van der Waals surface area contributed by atoms with Gasteiger partial charge < -0.3 is 15.0 Å². The number of nitrogens with zero attached hydrogens (tertiary/aromatic N) is 2. The number of sulfonamides is 1. The van der Waals surface area contributed by atoms with Crippen molar-refractivity contribution in [2.24, 2.45) is 0 Å². The highest BCUT2D eigenvalue weighted by Crippen LogP contribution is 2.28. The number of anilines is 1. The van der Waals surface area contributed by atoms with Gasteiger partial charge in [-0.15, -0.1) is 0 Å². The molecule has 0 aromatic heterocycles. The van der Waals surface area contributed by atoms with Gasteiger partial charge in [0, 0.05) is 12.6 Å². The number of carbonyl (C=O) groups is 2. The second-order valence-electron chi connectivity index (χ2n) is 11.3. The van der Waals surface area contributed by atoms with Gasteiger partial charge in [-0.1, -0.05) is 86.0 Å². The smallest absolute Gasteiger partial charge is 0.264 e. The average molecular weight is 626 g/mol. The first-order valence-corrected chi connectivity index (χ1v) is 16.8. The third kappa shape index (κ3) is 8.30. The summed E-state index contributed by atoms with van der Waals surface area (Å²) in [6.45, 7) is 1.36. The lowest BCUT2D eigenvalue weighted by Gasteiger charge is -2.33. The van der Waals surface area contributed by atoms with Crippen LogP contribution >= 0.6 is 0 Å². The minimum Gasteiger partial charge on any atom is -0.457 e. The van der Waals surface area contributed by atoms with Crippen molar-refractivity contribution in [3.63, 3.8) is 0 Å². The van der Waals surface area contributed by atoms with Gasteiger partial charge in [0.2, 0.25) is 11.8 Å². The molecule has 0 bridgehead atoms. The lowest BCUT2D eigenvalue weighted by molar-refractivity contribution is -0.139. The van der Waals surface area contributed by atoms with Gasteiger partial charge in [-0.25, -0.2) is 8.42 Å². The fraction of sp³-hybridized carbons (Fsp3) is 0.278. The molecule has 4 aromatic rings. The zero-order valence-electron chi connectivity index (χ0n) is 25.4. The van der Waals surface area contributed by atoms with Crippen LogP contribution in [0.15, 0.2) is 120 Å². The van der Waals surface area contributed by atoms with Crippen LogP contribution in [-0.4, -0.2) is 43.8 Å². The molecule has 8 nitrogen and oxygen atoms in total. The molecule has 234 valence electrons. The van der Waals surface area contributed by atoms with Crippen LogP contribution in [0.4, 0.5) is 5.69 Å². The van der Waals surface area contributed by atoms with E-state index in [0.717, 1.165) is 42.0 Å². The zero-order chi connectivity index (χ0) is 31.6. The highest BCUT2D eigenvalue weighted by Gasteiger charge is 2.33. The SMILES string of the molecule is C[C@@H](C(=O)NC1CCCCC1)N(Cc1ccccc1)C(=O)CN(c1ccc(Oc2ccccc2)cc1)S(=O)(=O)c1ccccc1. The molecule has 5 rings (SSSR count). The van der Waals surface area contributed by atoms with Crippen molar-refractivity contribution in [1.82, 2.24) is 10.2 Å². The van der Waals surface area contributed by atoms with Crippen LogP contribution in [0.5, 0.6) is 11.5 Å². The van der Waals surface area contributed by atoms with E-state index in [1.165, 1.54) is 17.0 Å². The van der Waals surface area contributed by atoms with Crippen LogP contribution in [0.25, 0.3) is 0 Å². The van der Waals surface area contributed by atoms with E-state index in [2.05, 4.69) is 5.32 Å². The third-order valence-corrected chi connectivity index (χ3v) is 9.82. The summed E-state index contributed by atoms with van der Waals surface area (Å²) in [6, 6.07) is 32.5. The van der Waals surface area contributed by atoms with Crippen molar-refractivity contribution in [1.29, 1.82) is 0 Å². The molecule has 1 saturated carbocycles. The highest BCUT2D eigenvalue weighted by molar-refractivity contribution is 7.92. The van der Waals surface area contributed by atoms with E-state index in [4.69, 9.17) is 4.74 Å². The van der Waals surface area contributed by atoms with Crippen molar-refractivity contribution in [3.8, 4) is 11.5 Å². The van der Waals surface area contributed by atoms with Crippen LogP contribution in [0.3, 0.4) is 0 Å². The summed E-state index contributed by atoms with van der Waals surface area (Å²) in [7, 11) is -4.15. The summed E-state index contributed by atoms with van der Waals surface area (Å²) in [6.07, 6.45) is 5.11. The first kappa shape index (κ1) is 31.8. The number of nitrogens with one attached hydrogen (secondary N) is 1. The molecule has 0 saturated heterocycles. The van der Waals surface area contributed by atoms with Crippen LogP contribution in [0.2, 0.25) is 0 Å². The van der Waals surface area contributed by atoms with Gasteiger partial charge in [0.25, 0.3) is 10.0 Å². The van der Waals surface area contributed by atoms with Gasteiger partial charge in [0.15, 0.2) is 0 Å². The molecule has 1 fully saturated rings. The first-order valence-electron chi connectivity index (χ1n) is 15.4. The Morgan fingerprint density at radius 2 is 1.33 bits per heavy atom. The Morgan fingerprint density at radius 3 is 1.96 bits per heavy atom. The molecular formula is C36H39N3O5S. The molecule has 0 radical (unpaired) electrons. The summed E-state index contributed by atoms with van der Waals surface area (Å²) < 4.78 is 35.1. The van der Waals surface area contributed by atoms with Crippen LogP contribution in [0, 0.1) is 0 Å². The highest BCUT2D eigenvalue weighted by atomic mass is 32.2. The molecule has 9 heteroatoms. The van der Waals surface area contributed by atoms with Crippen LogP contribution < -0.4 is 14.4 Å².